The van der Waals surface area contributed by atoms with Crippen LogP contribution >= 0.6 is 0 Å². The van der Waals surface area contributed by atoms with Gasteiger partial charge in [0.2, 0.25) is 11.9 Å². The zero-order chi connectivity index (χ0) is 18.1. The highest BCUT2D eigenvalue weighted by Crippen LogP contribution is 2.38. The van der Waals surface area contributed by atoms with E-state index in [0.717, 1.165) is 37.4 Å². The molecule has 2 aliphatic rings. The Kier molecular flexibility index (Phi) is 4.47. The molecule has 0 spiro atoms. The minimum atomic E-state index is -0.0405. The molecule has 0 bridgehead atoms. The Morgan fingerprint density at radius 2 is 2.27 bits per heavy atom. The van der Waals surface area contributed by atoms with Crippen molar-refractivity contribution in [3.63, 3.8) is 0 Å². The van der Waals surface area contributed by atoms with Crippen LogP contribution in [0.5, 0.6) is 0 Å². The van der Waals surface area contributed by atoms with Crippen molar-refractivity contribution in [3.05, 3.63) is 35.7 Å². The van der Waals surface area contributed by atoms with Gasteiger partial charge >= 0.3 is 0 Å². The summed E-state index contributed by atoms with van der Waals surface area (Å²) in [5, 5.41) is 16.4. The summed E-state index contributed by atoms with van der Waals surface area (Å²) in [5.41, 5.74) is 7.93. The van der Waals surface area contributed by atoms with Crippen LogP contribution in [0.2, 0.25) is 0 Å². The summed E-state index contributed by atoms with van der Waals surface area (Å²) in [5.74, 6) is 1.78. The van der Waals surface area contributed by atoms with E-state index in [9.17, 15) is 5.11 Å². The monoisotopic (exact) mass is 355 g/mol. The molecule has 2 aliphatic heterocycles. The maximum Gasteiger partial charge on any atom is 0.232 e. The minimum Gasteiger partial charge on any atom is -0.396 e. The molecule has 26 heavy (non-hydrogen) atoms. The maximum atomic E-state index is 9.85. The zero-order valence-corrected chi connectivity index (χ0v) is 14.9. The summed E-state index contributed by atoms with van der Waals surface area (Å²) in [4.78, 5) is 15.3. The van der Waals surface area contributed by atoms with E-state index in [4.69, 9.17) is 5.73 Å². The lowest BCUT2D eigenvalue weighted by molar-refractivity contribution is 0.123. The van der Waals surface area contributed by atoms with E-state index in [1.54, 1.807) is 0 Å². The van der Waals surface area contributed by atoms with E-state index in [-0.39, 0.29) is 18.0 Å². The van der Waals surface area contributed by atoms with E-state index in [0.29, 0.717) is 24.2 Å². The van der Waals surface area contributed by atoms with Crippen molar-refractivity contribution in [2.75, 3.05) is 43.8 Å². The Bertz CT molecular complexity index is 799. The summed E-state index contributed by atoms with van der Waals surface area (Å²) >= 11 is 0. The van der Waals surface area contributed by atoms with Gasteiger partial charge in [-0.15, -0.1) is 0 Å². The van der Waals surface area contributed by atoms with Crippen LogP contribution in [0.3, 0.4) is 0 Å². The van der Waals surface area contributed by atoms with Gasteiger partial charge in [0.05, 0.1) is 13.2 Å². The predicted octanol–water partition coefficient (Wildman–Crippen LogP) is 0.520. The number of nitrogens with two attached hydrogens (primary N) is 1. The van der Waals surface area contributed by atoms with Crippen molar-refractivity contribution in [2.24, 2.45) is 11.3 Å². The fourth-order valence-corrected chi connectivity index (χ4v) is 4.09. The first-order chi connectivity index (χ1) is 12.6. The molecule has 138 valence electrons. The fourth-order valence-electron chi connectivity index (χ4n) is 4.09. The number of anilines is 3. The molecule has 3 heterocycles. The Labute approximate surface area is 152 Å². The van der Waals surface area contributed by atoms with Gasteiger partial charge in [-0.1, -0.05) is 12.1 Å². The summed E-state index contributed by atoms with van der Waals surface area (Å²) in [7, 11) is 0. The van der Waals surface area contributed by atoms with Crippen molar-refractivity contribution in [2.45, 2.75) is 13.5 Å². The van der Waals surface area contributed by atoms with Gasteiger partial charge in [-0.3, -0.25) is 4.90 Å². The number of hydrogen-bond acceptors (Lipinski definition) is 8. The third-order valence-corrected chi connectivity index (χ3v) is 5.40. The van der Waals surface area contributed by atoms with E-state index < -0.39 is 0 Å². The first kappa shape index (κ1) is 17.1. The number of likely N-dealkylation sites (tertiary alicyclic amines) is 1. The second-order valence-electron chi connectivity index (χ2n) is 7.45. The lowest BCUT2D eigenvalue weighted by Gasteiger charge is -2.25. The highest BCUT2D eigenvalue weighted by atomic mass is 16.3. The highest BCUT2D eigenvalue weighted by molar-refractivity contribution is 5.54. The number of nitrogens with zero attached hydrogens (tertiary/aromatic N) is 4. The fraction of sp³-hybridized carbons (Fsp3) is 0.500. The van der Waals surface area contributed by atoms with Gasteiger partial charge < -0.3 is 21.5 Å². The number of nitrogens with one attached hydrogen (secondary N) is 2. The Morgan fingerprint density at radius 1 is 1.38 bits per heavy atom. The van der Waals surface area contributed by atoms with Crippen molar-refractivity contribution < 1.29 is 5.11 Å². The maximum absolute atomic E-state index is 9.85. The molecule has 1 aromatic carbocycles. The number of rotatable bonds is 5. The van der Waals surface area contributed by atoms with Gasteiger partial charge in [0.15, 0.2) is 0 Å². The van der Waals surface area contributed by atoms with Crippen LogP contribution in [0.25, 0.3) is 0 Å². The van der Waals surface area contributed by atoms with E-state index >= 15 is 0 Å². The molecule has 0 aliphatic carbocycles. The molecule has 8 nitrogen and oxygen atoms in total. The molecule has 0 amide bonds. The number of fused-ring (bicyclic) bond motifs is 1. The third-order valence-electron chi connectivity index (χ3n) is 5.40. The Hall–Kier alpha value is -2.29. The van der Waals surface area contributed by atoms with Crippen LogP contribution in [0, 0.1) is 18.3 Å². The molecule has 2 aromatic rings. The standard InChI is InChI=1S/C18H25N7O/c1-12-3-2-4-14(5-12)21-17-23-15(22-16(19)24-17)8-25-7-13-6-20-9-18(13,10-25)11-26/h2-5,13,20,26H,6-11H2,1H3,(H3,19,21,22,23,24). The van der Waals surface area contributed by atoms with Gasteiger partial charge in [0, 0.05) is 30.7 Å². The number of hydrogen-bond donors (Lipinski definition) is 4. The summed E-state index contributed by atoms with van der Waals surface area (Å²) in [6.45, 7) is 6.44. The largest absolute Gasteiger partial charge is 0.396 e. The molecule has 2 unspecified atom stereocenters. The Balaban J connectivity index is 1.48. The molecule has 1 aromatic heterocycles. The number of nitrogen functional groups attached to an aromatic ring is 1. The van der Waals surface area contributed by atoms with E-state index in [1.807, 2.05) is 31.2 Å². The number of aliphatic hydroxyl groups is 1. The lowest BCUT2D eigenvalue weighted by atomic mass is 9.82. The van der Waals surface area contributed by atoms with Crippen LogP contribution in [0.4, 0.5) is 17.6 Å². The average Bonchev–Trinajstić information content (AvgIpc) is 3.11. The van der Waals surface area contributed by atoms with Crippen LogP contribution in [0.15, 0.2) is 24.3 Å². The number of aliphatic hydroxyl groups excluding tert-OH is 1. The summed E-state index contributed by atoms with van der Waals surface area (Å²) in [6, 6.07) is 8.01. The molecule has 8 heteroatoms. The highest BCUT2D eigenvalue weighted by Gasteiger charge is 2.49. The molecule has 2 fully saturated rings. The minimum absolute atomic E-state index is 0.0405. The Morgan fingerprint density at radius 3 is 3.04 bits per heavy atom. The average molecular weight is 355 g/mol. The van der Waals surface area contributed by atoms with Gasteiger partial charge in [0.25, 0.3) is 0 Å². The first-order valence-electron chi connectivity index (χ1n) is 8.94. The second kappa shape index (κ2) is 6.79. The molecule has 0 radical (unpaired) electrons. The van der Waals surface area contributed by atoms with Gasteiger partial charge in [-0.25, -0.2) is 0 Å². The van der Waals surface area contributed by atoms with Gasteiger partial charge in [-0.2, -0.15) is 15.0 Å². The number of aryl methyl sites for hydroxylation is 1. The lowest BCUT2D eigenvalue weighted by Crippen LogP contribution is -2.36. The summed E-state index contributed by atoms with van der Waals surface area (Å²) in [6.07, 6.45) is 0. The zero-order valence-electron chi connectivity index (χ0n) is 14.9. The molecule has 2 atom stereocenters. The van der Waals surface area contributed by atoms with Crippen molar-refractivity contribution in [1.29, 1.82) is 0 Å². The van der Waals surface area contributed by atoms with Crippen LogP contribution < -0.4 is 16.4 Å². The second-order valence-corrected chi connectivity index (χ2v) is 7.45. The quantitative estimate of drug-likeness (QED) is 0.614. The molecular formula is C18H25N7O. The molecule has 2 saturated heterocycles. The molecule has 5 N–H and O–H groups in total. The van der Waals surface area contributed by atoms with Crippen LogP contribution in [-0.4, -0.2) is 57.7 Å². The summed E-state index contributed by atoms with van der Waals surface area (Å²) < 4.78 is 0. The SMILES string of the molecule is Cc1cccc(Nc2nc(N)nc(CN3CC4CNCC4(CO)C3)n2)c1. The van der Waals surface area contributed by atoms with Crippen LogP contribution in [-0.2, 0) is 6.54 Å². The van der Waals surface area contributed by atoms with Crippen molar-refractivity contribution in [3.8, 4) is 0 Å². The number of benzene rings is 1. The normalized spacial score (nSPS) is 25.4. The molecular weight excluding hydrogens is 330 g/mol. The van der Waals surface area contributed by atoms with Crippen molar-refractivity contribution >= 4 is 17.6 Å². The molecule has 4 rings (SSSR count). The van der Waals surface area contributed by atoms with E-state index in [2.05, 4.69) is 30.5 Å². The van der Waals surface area contributed by atoms with Crippen LogP contribution in [0.1, 0.15) is 11.4 Å². The van der Waals surface area contributed by atoms with Crippen molar-refractivity contribution in [1.82, 2.24) is 25.2 Å². The predicted molar refractivity (Wildman–Crippen MR) is 99.9 cm³/mol. The molecule has 0 saturated carbocycles. The van der Waals surface area contributed by atoms with E-state index in [1.165, 1.54) is 0 Å². The number of aromatic nitrogens is 3. The third kappa shape index (κ3) is 3.35. The smallest absolute Gasteiger partial charge is 0.232 e. The first-order valence-corrected chi connectivity index (χ1v) is 8.94. The van der Waals surface area contributed by atoms with Gasteiger partial charge in [0.1, 0.15) is 5.82 Å². The topological polar surface area (TPSA) is 112 Å². The van der Waals surface area contributed by atoms with Gasteiger partial charge in [-0.05, 0) is 37.1 Å².